The van der Waals surface area contributed by atoms with Crippen LogP contribution in [0, 0.1) is 6.92 Å². The van der Waals surface area contributed by atoms with E-state index in [4.69, 9.17) is 9.97 Å². The number of hydrogen-bond donors (Lipinski definition) is 3. The van der Waals surface area contributed by atoms with Crippen LogP contribution in [0.25, 0.3) is 33.2 Å². The lowest BCUT2D eigenvalue weighted by Gasteiger charge is -2.37. The maximum atomic E-state index is 13.5. The molecule has 2 aromatic heterocycles. The molecule has 192 valence electrons. The molecule has 4 aromatic rings. The summed E-state index contributed by atoms with van der Waals surface area (Å²) in [6, 6.07) is 8.82. The summed E-state index contributed by atoms with van der Waals surface area (Å²) < 4.78 is 1.72. The number of anilines is 1. The quantitative estimate of drug-likeness (QED) is 0.393. The molecule has 2 fully saturated rings. The number of aryl methyl sites for hydroxylation is 2. The highest BCUT2D eigenvalue weighted by molar-refractivity contribution is 6.06. The van der Waals surface area contributed by atoms with Gasteiger partial charge in [0, 0.05) is 66.5 Å². The summed E-state index contributed by atoms with van der Waals surface area (Å²) in [7, 11) is 1.85. The molecule has 37 heavy (non-hydrogen) atoms. The number of aromatic nitrogens is 4. The highest BCUT2D eigenvalue weighted by Gasteiger charge is 2.26. The van der Waals surface area contributed by atoms with Gasteiger partial charge in [-0.2, -0.15) is 5.10 Å². The van der Waals surface area contributed by atoms with Crippen molar-refractivity contribution >= 4 is 33.4 Å². The first-order chi connectivity index (χ1) is 17.8. The zero-order valence-corrected chi connectivity index (χ0v) is 21.7. The fourth-order valence-corrected chi connectivity index (χ4v) is 5.56. The maximum Gasteiger partial charge on any atom is 0.270 e. The molecule has 2 aromatic carbocycles. The fourth-order valence-electron chi connectivity index (χ4n) is 5.56. The number of nitrogens with zero attached hydrogens (tertiary/aromatic N) is 5. The number of phenols is 1. The molecule has 1 saturated carbocycles. The van der Waals surface area contributed by atoms with Crippen molar-refractivity contribution in [3.8, 4) is 17.1 Å². The van der Waals surface area contributed by atoms with Gasteiger partial charge in [0.15, 0.2) is 5.82 Å². The number of piperazine rings is 1. The van der Waals surface area contributed by atoms with Crippen LogP contribution in [0.4, 0.5) is 5.69 Å². The third-order valence-corrected chi connectivity index (χ3v) is 7.62. The van der Waals surface area contributed by atoms with Crippen molar-refractivity contribution in [1.82, 2.24) is 30.4 Å². The lowest BCUT2D eigenvalue weighted by Crippen LogP contribution is -2.54. The minimum atomic E-state index is -0.198. The molecule has 9 nitrogen and oxygen atoms in total. The Morgan fingerprint density at radius 3 is 2.59 bits per heavy atom. The number of carbonyl (C=O) groups excluding carboxylic acids is 1. The number of carbonyl (C=O) groups is 1. The third-order valence-electron chi connectivity index (χ3n) is 7.62. The zero-order valence-electron chi connectivity index (χ0n) is 21.7. The molecule has 1 amide bonds. The van der Waals surface area contributed by atoms with Gasteiger partial charge in [-0.3, -0.25) is 9.48 Å². The van der Waals surface area contributed by atoms with Crippen LogP contribution in [0.5, 0.6) is 5.75 Å². The van der Waals surface area contributed by atoms with E-state index in [1.807, 2.05) is 38.4 Å². The SMILES string of the molecule is Cc1c(O)c(-c2nc(C(=O)NC3CCC3)c3cc(N4C[C@@H](C)N[C@@H](C)C4)ccc3n2)cc2cn(C)nc12. The van der Waals surface area contributed by atoms with Crippen LogP contribution < -0.4 is 15.5 Å². The van der Waals surface area contributed by atoms with Crippen molar-refractivity contribution in [2.24, 2.45) is 7.05 Å². The Balaban J connectivity index is 1.49. The van der Waals surface area contributed by atoms with Crippen LogP contribution >= 0.6 is 0 Å². The van der Waals surface area contributed by atoms with E-state index in [1.165, 1.54) is 0 Å². The molecule has 3 N–H and O–H groups in total. The molecule has 0 unspecified atom stereocenters. The van der Waals surface area contributed by atoms with E-state index < -0.39 is 0 Å². The van der Waals surface area contributed by atoms with Crippen molar-refractivity contribution in [3.05, 3.63) is 41.7 Å². The molecule has 0 radical (unpaired) electrons. The maximum absolute atomic E-state index is 13.5. The lowest BCUT2D eigenvalue weighted by molar-refractivity contribution is 0.0913. The van der Waals surface area contributed by atoms with Gasteiger partial charge in [-0.1, -0.05) is 0 Å². The van der Waals surface area contributed by atoms with E-state index >= 15 is 0 Å². The van der Waals surface area contributed by atoms with Crippen LogP contribution in [-0.2, 0) is 7.05 Å². The van der Waals surface area contributed by atoms with E-state index in [0.29, 0.717) is 40.2 Å². The summed E-state index contributed by atoms with van der Waals surface area (Å²) in [4.78, 5) is 25.4. The molecule has 0 bridgehead atoms. The average Bonchev–Trinajstić information content (AvgIpc) is 3.22. The van der Waals surface area contributed by atoms with Crippen molar-refractivity contribution in [3.63, 3.8) is 0 Å². The number of fused-ring (bicyclic) bond motifs is 2. The van der Waals surface area contributed by atoms with Gasteiger partial charge in [-0.05, 0) is 64.3 Å². The minimum Gasteiger partial charge on any atom is -0.507 e. The van der Waals surface area contributed by atoms with E-state index in [2.05, 4.69) is 40.5 Å². The van der Waals surface area contributed by atoms with Gasteiger partial charge in [-0.25, -0.2) is 9.97 Å². The van der Waals surface area contributed by atoms with Crippen LogP contribution in [-0.4, -0.2) is 62.0 Å². The summed E-state index contributed by atoms with van der Waals surface area (Å²) >= 11 is 0. The molecule has 2 atom stereocenters. The van der Waals surface area contributed by atoms with Gasteiger partial charge >= 0.3 is 0 Å². The number of benzene rings is 2. The Morgan fingerprint density at radius 2 is 1.89 bits per heavy atom. The Bertz CT molecular complexity index is 1510. The largest absolute Gasteiger partial charge is 0.507 e. The van der Waals surface area contributed by atoms with Crippen LogP contribution in [0.2, 0.25) is 0 Å². The third kappa shape index (κ3) is 4.27. The normalized spacial score (nSPS) is 20.4. The lowest BCUT2D eigenvalue weighted by atomic mass is 9.93. The molecule has 0 spiro atoms. The average molecular weight is 500 g/mol. The van der Waals surface area contributed by atoms with Crippen LogP contribution in [0.3, 0.4) is 0 Å². The molecule has 1 aliphatic carbocycles. The number of aromatic hydroxyl groups is 1. The minimum absolute atomic E-state index is 0.0799. The van der Waals surface area contributed by atoms with Crippen molar-refractivity contribution < 1.29 is 9.90 Å². The second kappa shape index (κ2) is 8.99. The number of amides is 1. The van der Waals surface area contributed by atoms with Gasteiger partial charge in [0.2, 0.25) is 0 Å². The summed E-state index contributed by atoms with van der Waals surface area (Å²) in [5.74, 6) is 0.210. The van der Waals surface area contributed by atoms with Gasteiger partial charge in [0.1, 0.15) is 11.4 Å². The second-order valence-corrected chi connectivity index (χ2v) is 10.7. The van der Waals surface area contributed by atoms with Crippen molar-refractivity contribution in [1.29, 1.82) is 0 Å². The van der Waals surface area contributed by atoms with Crippen LogP contribution in [0.1, 0.15) is 49.2 Å². The van der Waals surface area contributed by atoms with Gasteiger partial charge in [0.25, 0.3) is 5.91 Å². The molecule has 6 rings (SSSR count). The Labute approximate surface area is 215 Å². The number of phenolic OH excluding ortho intramolecular Hbond substituents is 1. The number of rotatable bonds is 4. The summed E-state index contributed by atoms with van der Waals surface area (Å²) in [5, 5.41) is 23.9. The van der Waals surface area contributed by atoms with E-state index in [9.17, 15) is 9.90 Å². The van der Waals surface area contributed by atoms with Gasteiger partial charge in [-0.15, -0.1) is 0 Å². The molecule has 1 aliphatic heterocycles. The number of nitrogens with one attached hydrogen (secondary N) is 2. The monoisotopic (exact) mass is 499 g/mol. The molecule has 3 heterocycles. The standard InChI is InChI=1S/C28H33N7O2/c1-15-12-35(13-16(2)29-15)20-8-9-23-21(11-20)25(28(37)30-19-6-5-7-19)32-27(31-23)22-10-18-14-34(4)33-24(18)17(3)26(22)36/h8-11,14-16,19,29,36H,5-7,12-13H2,1-4H3,(H,30,37)/t15-,16+. The Hall–Kier alpha value is -3.72. The predicted molar refractivity (Wildman–Crippen MR) is 145 cm³/mol. The van der Waals surface area contributed by atoms with Gasteiger partial charge < -0.3 is 20.6 Å². The first-order valence-electron chi connectivity index (χ1n) is 13.1. The highest BCUT2D eigenvalue weighted by Crippen LogP contribution is 2.37. The summed E-state index contributed by atoms with van der Waals surface area (Å²) in [6.07, 6.45) is 5.00. The van der Waals surface area contributed by atoms with Crippen molar-refractivity contribution in [2.75, 3.05) is 18.0 Å². The summed E-state index contributed by atoms with van der Waals surface area (Å²) in [6.45, 7) is 7.97. The second-order valence-electron chi connectivity index (χ2n) is 10.7. The Morgan fingerprint density at radius 1 is 1.14 bits per heavy atom. The molecule has 9 heteroatoms. The van der Waals surface area contributed by atoms with Gasteiger partial charge in [0.05, 0.1) is 16.6 Å². The summed E-state index contributed by atoms with van der Waals surface area (Å²) in [5.41, 5.74) is 3.95. The number of hydrogen-bond acceptors (Lipinski definition) is 7. The first-order valence-corrected chi connectivity index (χ1v) is 13.1. The highest BCUT2D eigenvalue weighted by atomic mass is 16.3. The first kappa shape index (κ1) is 23.7. The zero-order chi connectivity index (χ0) is 25.8. The predicted octanol–water partition coefficient (Wildman–Crippen LogP) is 3.67. The molecular weight excluding hydrogens is 466 g/mol. The molecular formula is C28H33N7O2. The molecule has 2 aliphatic rings. The topological polar surface area (TPSA) is 108 Å². The van der Waals surface area contributed by atoms with Crippen LogP contribution in [0.15, 0.2) is 30.5 Å². The molecule has 1 saturated heterocycles. The smallest absolute Gasteiger partial charge is 0.270 e. The fraction of sp³-hybridized carbons (Fsp3) is 0.429. The Kier molecular flexibility index (Phi) is 5.75. The van der Waals surface area contributed by atoms with Crippen molar-refractivity contribution in [2.45, 2.75) is 58.2 Å². The van der Waals surface area contributed by atoms with E-state index in [0.717, 1.165) is 54.3 Å². The van der Waals surface area contributed by atoms with E-state index in [-0.39, 0.29) is 17.7 Å². The van der Waals surface area contributed by atoms with E-state index in [1.54, 1.807) is 4.68 Å².